The second-order valence-electron chi connectivity index (χ2n) is 6.72. The van der Waals surface area contributed by atoms with Gasteiger partial charge in [-0.25, -0.2) is 28.2 Å². The van der Waals surface area contributed by atoms with Gasteiger partial charge in [-0.2, -0.15) is 5.10 Å². The van der Waals surface area contributed by atoms with E-state index < -0.39 is 18.9 Å². The smallest absolute Gasteiger partial charge is 0.270 e. The van der Waals surface area contributed by atoms with E-state index in [4.69, 9.17) is 9.47 Å². The van der Waals surface area contributed by atoms with Gasteiger partial charge in [0.25, 0.3) is 18.2 Å². The first-order valence-electron chi connectivity index (χ1n) is 9.72. The van der Waals surface area contributed by atoms with Crippen LogP contribution in [-0.4, -0.2) is 57.7 Å². The number of rotatable bonds is 8. The molecule has 0 aliphatic rings. The second-order valence-corrected chi connectivity index (χ2v) is 6.72. The third kappa shape index (κ3) is 4.95. The maximum Gasteiger partial charge on any atom is 0.270 e. The summed E-state index contributed by atoms with van der Waals surface area (Å²) in [6.07, 6.45) is 0.638. The highest BCUT2D eigenvalue weighted by atomic mass is 19.3. The molecule has 33 heavy (non-hydrogen) atoms. The molecule has 0 saturated heterocycles. The number of anilines is 2. The zero-order chi connectivity index (χ0) is 23.4. The van der Waals surface area contributed by atoms with Gasteiger partial charge in [-0.15, -0.1) is 0 Å². The lowest BCUT2D eigenvalue weighted by Gasteiger charge is -2.08. The number of fused-ring (bicyclic) bond motifs is 1. The second kappa shape index (κ2) is 9.42. The zero-order valence-electron chi connectivity index (χ0n) is 17.6. The van der Waals surface area contributed by atoms with Crippen molar-refractivity contribution in [3.63, 3.8) is 0 Å². The summed E-state index contributed by atoms with van der Waals surface area (Å²) in [6, 6.07) is 9.99. The van der Waals surface area contributed by atoms with Gasteiger partial charge in [0.2, 0.25) is 0 Å². The van der Waals surface area contributed by atoms with Gasteiger partial charge in [0.15, 0.2) is 17.2 Å². The number of hydrogen-bond acceptors (Lipinski definition) is 8. The predicted molar refractivity (Wildman–Crippen MR) is 115 cm³/mol. The number of nitrogens with zero attached hydrogens (tertiary/aromatic N) is 5. The number of amides is 1. The summed E-state index contributed by atoms with van der Waals surface area (Å²) < 4.78 is 36.6. The lowest BCUT2D eigenvalue weighted by atomic mass is 10.2. The Labute approximate surface area is 186 Å². The average Bonchev–Trinajstić information content (AvgIpc) is 3.23. The molecule has 4 aromatic rings. The summed E-state index contributed by atoms with van der Waals surface area (Å²) >= 11 is 0. The SMILES string of the molecule is COc1cc(-c2ccc3nc(Nc4cccc(C(=O)NCC(F)F)n4)cn3n2)cnc1OC. The van der Waals surface area contributed by atoms with Crippen LogP contribution in [-0.2, 0) is 0 Å². The molecule has 2 N–H and O–H groups in total. The van der Waals surface area contributed by atoms with Crippen molar-refractivity contribution in [1.82, 2.24) is 29.9 Å². The van der Waals surface area contributed by atoms with E-state index in [1.54, 1.807) is 47.2 Å². The van der Waals surface area contributed by atoms with Crippen molar-refractivity contribution >= 4 is 23.2 Å². The fourth-order valence-electron chi connectivity index (χ4n) is 2.99. The van der Waals surface area contributed by atoms with Crippen molar-refractivity contribution in [3.8, 4) is 22.9 Å². The zero-order valence-corrected chi connectivity index (χ0v) is 17.6. The van der Waals surface area contributed by atoms with Gasteiger partial charge in [-0.3, -0.25) is 4.79 Å². The standard InChI is InChI=1S/C21H19F2N7O3/c1-32-15-8-12(9-25-21(15)33-2)13-6-7-19-28-18(11-30(19)29-13)27-17-5-3-4-14(26-17)20(31)24-10-16(22)23/h3-9,11,16H,10H2,1-2H3,(H,24,31)(H,26,27). The molecule has 0 spiro atoms. The number of pyridine rings is 2. The Kier molecular flexibility index (Phi) is 6.24. The van der Waals surface area contributed by atoms with Gasteiger partial charge < -0.3 is 20.1 Å². The number of imidazole rings is 1. The largest absolute Gasteiger partial charge is 0.491 e. The highest BCUT2D eigenvalue weighted by Crippen LogP contribution is 2.29. The fraction of sp³-hybridized carbons (Fsp3) is 0.190. The van der Waals surface area contributed by atoms with Crippen LogP contribution in [0.15, 0.2) is 48.8 Å². The first-order chi connectivity index (χ1) is 16.0. The summed E-state index contributed by atoms with van der Waals surface area (Å²) in [5, 5.41) is 9.65. The molecule has 0 aliphatic heterocycles. The molecule has 4 aromatic heterocycles. The Morgan fingerprint density at radius 2 is 1.97 bits per heavy atom. The van der Waals surface area contributed by atoms with Crippen molar-refractivity contribution in [2.75, 3.05) is 26.1 Å². The highest BCUT2D eigenvalue weighted by molar-refractivity contribution is 5.92. The number of nitrogens with one attached hydrogen (secondary N) is 2. The highest BCUT2D eigenvalue weighted by Gasteiger charge is 2.13. The molecule has 0 aromatic carbocycles. The van der Waals surface area contributed by atoms with Crippen LogP contribution < -0.4 is 20.1 Å². The lowest BCUT2D eigenvalue weighted by Crippen LogP contribution is -2.29. The molecular formula is C21H19F2N7O3. The topological polar surface area (TPSA) is 116 Å². The number of ether oxygens (including phenoxy) is 2. The summed E-state index contributed by atoms with van der Waals surface area (Å²) in [4.78, 5) is 24.8. The first-order valence-corrected chi connectivity index (χ1v) is 9.72. The molecule has 0 aliphatic carbocycles. The fourth-order valence-corrected chi connectivity index (χ4v) is 2.99. The van der Waals surface area contributed by atoms with E-state index in [0.717, 1.165) is 5.56 Å². The van der Waals surface area contributed by atoms with Gasteiger partial charge in [-0.1, -0.05) is 6.07 Å². The number of methoxy groups -OCH3 is 2. The first kappa shape index (κ1) is 21.9. The molecule has 0 unspecified atom stereocenters. The molecule has 0 fully saturated rings. The molecule has 0 saturated carbocycles. The van der Waals surface area contributed by atoms with Crippen molar-refractivity contribution in [2.24, 2.45) is 0 Å². The van der Waals surface area contributed by atoms with Gasteiger partial charge in [0.1, 0.15) is 11.5 Å². The summed E-state index contributed by atoms with van der Waals surface area (Å²) in [5.41, 5.74) is 1.93. The van der Waals surface area contributed by atoms with E-state index in [1.807, 2.05) is 0 Å². The summed E-state index contributed by atoms with van der Waals surface area (Å²) in [5.74, 6) is 0.918. The Morgan fingerprint density at radius 1 is 1.12 bits per heavy atom. The molecule has 0 bridgehead atoms. The number of carbonyl (C=O) groups is 1. The van der Waals surface area contributed by atoms with E-state index in [0.29, 0.717) is 34.6 Å². The van der Waals surface area contributed by atoms with E-state index in [9.17, 15) is 13.6 Å². The summed E-state index contributed by atoms with van der Waals surface area (Å²) in [6.45, 7) is -0.742. The minimum Gasteiger partial charge on any atom is -0.491 e. The van der Waals surface area contributed by atoms with Gasteiger partial charge in [0, 0.05) is 11.8 Å². The van der Waals surface area contributed by atoms with Crippen molar-refractivity contribution in [1.29, 1.82) is 0 Å². The molecule has 0 atom stereocenters. The third-order valence-corrected chi connectivity index (χ3v) is 4.50. The van der Waals surface area contributed by atoms with Crippen LogP contribution in [0.1, 0.15) is 10.5 Å². The van der Waals surface area contributed by atoms with Gasteiger partial charge >= 0.3 is 0 Å². The van der Waals surface area contributed by atoms with Gasteiger partial charge in [0.05, 0.1) is 32.7 Å². The molecule has 12 heteroatoms. The van der Waals surface area contributed by atoms with E-state index >= 15 is 0 Å². The van der Waals surface area contributed by atoms with Crippen molar-refractivity contribution in [2.45, 2.75) is 6.43 Å². The molecule has 1 amide bonds. The van der Waals surface area contributed by atoms with E-state index in [2.05, 4.69) is 30.7 Å². The van der Waals surface area contributed by atoms with Crippen LogP contribution >= 0.6 is 0 Å². The number of aromatic nitrogens is 5. The van der Waals surface area contributed by atoms with Crippen LogP contribution in [0.3, 0.4) is 0 Å². The molecule has 10 nitrogen and oxygen atoms in total. The van der Waals surface area contributed by atoms with Crippen LogP contribution in [0.2, 0.25) is 0 Å². The Hall–Kier alpha value is -4.35. The number of carbonyl (C=O) groups excluding carboxylic acids is 1. The molecule has 170 valence electrons. The van der Waals surface area contributed by atoms with E-state index in [1.165, 1.54) is 20.3 Å². The lowest BCUT2D eigenvalue weighted by molar-refractivity contribution is 0.0887. The average molecular weight is 455 g/mol. The van der Waals surface area contributed by atoms with Crippen LogP contribution in [0.25, 0.3) is 16.9 Å². The molecule has 0 radical (unpaired) electrons. The number of halogens is 2. The Bertz CT molecular complexity index is 1300. The molecule has 4 heterocycles. The van der Waals surface area contributed by atoms with Crippen LogP contribution in [0.5, 0.6) is 11.6 Å². The number of hydrogen-bond donors (Lipinski definition) is 2. The number of alkyl halides is 2. The van der Waals surface area contributed by atoms with Crippen molar-refractivity contribution < 1.29 is 23.0 Å². The maximum absolute atomic E-state index is 12.3. The molecule has 4 rings (SSSR count). The molecular weight excluding hydrogens is 436 g/mol. The monoisotopic (exact) mass is 455 g/mol. The normalized spacial score (nSPS) is 10.9. The van der Waals surface area contributed by atoms with E-state index in [-0.39, 0.29) is 5.69 Å². The minimum absolute atomic E-state index is 0.00535. The van der Waals surface area contributed by atoms with Crippen molar-refractivity contribution in [3.05, 3.63) is 54.5 Å². The Balaban J connectivity index is 1.55. The predicted octanol–water partition coefficient (Wildman–Crippen LogP) is 2.94. The van der Waals surface area contributed by atoms with Crippen LogP contribution in [0, 0.1) is 0 Å². The summed E-state index contributed by atoms with van der Waals surface area (Å²) in [7, 11) is 3.04. The maximum atomic E-state index is 12.3. The quantitative estimate of drug-likeness (QED) is 0.417. The van der Waals surface area contributed by atoms with Crippen LogP contribution in [0.4, 0.5) is 20.4 Å². The van der Waals surface area contributed by atoms with Gasteiger partial charge in [-0.05, 0) is 30.3 Å². The third-order valence-electron chi connectivity index (χ3n) is 4.50. The minimum atomic E-state index is -2.64. The Morgan fingerprint density at radius 3 is 2.73 bits per heavy atom.